The maximum absolute atomic E-state index is 11.5. The normalized spacial score (nSPS) is 19.3. The van der Waals surface area contributed by atoms with E-state index in [0.29, 0.717) is 19.3 Å². The lowest BCUT2D eigenvalue weighted by Crippen LogP contribution is -2.65. The highest BCUT2D eigenvalue weighted by Gasteiger charge is 2.41. The average Bonchev–Trinajstić information content (AvgIpc) is 3.15. The van der Waals surface area contributed by atoms with E-state index in [4.69, 9.17) is 14.0 Å². The van der Waals surface area contributed by atoms with Crippen LogP contribution in [0.4, 0.5) is 0 Å². The summed E-state index contributed by atoms with van der Waals surface area (Å²) in [7, 11) is 1.65. The molecule has 0 spiro atoms. The van der Waals surface area contributed by atoms with Crippen LogP contribution in [0.2, 0.25) is 0 Å². The number of aromatic nitrogens is 1. The first kappa shape index (κ1) is 19.0. The quantitative estimate of drug-likeness (QED) is 0.822. The van der Waals surface area contributed by atoms with E-state index in [1.54, 1.807) is 14.0 Å². The molecule has 2 aliphatic heterocycles. The Kier molecular flexibility index (Phi) is 5.37. The molecule has 150 valence electrons. The number of rotatable bonds is 6. The van der Waals surface area contributed by atoms with Gasteiger partial charge in [-0.05, 0) is 37.1 Å². The Labute approximate surface area is 165 Å². The molecule has 7 nitrogen and oxygen atoms in total. The lowest BCUT2D eigenvalue weighted by atomic mass is 9.88. The Hall–Kier alpha value is -2.38. The molecule has 1 aromatic heterocycles. The van der Waals surface area contributed by atoms with Crippen molar-refractivity contribution in [1.29, 1.82) is 0 Å². The van der Waals surface area contributed by atoms with Gasteiger partial charge in [0.25, 0.3) is 0 Å². The van der Waals surface area contributed by atoms with Crippen LogP contribution in [0.25, 0.3) is 11.3 Å². The SMILES string of the molecule is COc1ccc(-c2cc(CC3(NC4CCN(C(C)=O)CC4)COC3)no2)cc1. The number of methoxy groups -OCH3 is 1. The minimum atomic E-state index is -0.100. The number of piperidine rings is 1. The fourth-order valence-electron chi connectivity index (χ4n) is 3.99. The van der Waals surface area contributed by atoms with Crippen molar-refractivity contribution in [2.45, 2.75) is 37.8 Å². The highest BCUT2D eigenvalue weighted by Crippen LogP contribution is 2.28. The van der Waals surface area contributed by atoms with E-state index in [9.17, 15) is 4.79 Å². The molecule has 2 fully saturated rings. The van der Waals surface area contributed by atoms with Crippen molar-refractivity contribution < 1.29 is 18.8 Å². The maximum atomic E-state index is 11.5. The number of amides is 1. The Morgan fingerprint density at radius 1 is 1.29 bits per heavy atom. The summed E-state index contributed by atoms with van der Waals surface area (Å²) in [4.78, 5) is 13.4. The van der Waals surface area contributed by atoms with E-state index in [2.05, 4.69) is 10.5 Å². The van der Waals surface area contributed by atoms with Crippen molar-refractivity contribution in [2.75, 3.05) is 33.4 Å². The third-order valence-corrected chi connectivity index (χ3v) is 5.66. The van der Waals surface area contributed by atoms with Crippen LogP contribution in [0.3, 0.4) is 0 Å². The van der Waals surface area contributed by atoms with E-state index in [-0.39, 0.29) is 11.4 Å². The van der Waals surface area contributed by atoms with Crippen LogP contribution < -0.4 is 10.1 Å². The van der Waals surface area contributed by atoms with Gasteiger partial charge in [0.1, 0.15) is 5.75 Å². The molecule has 0 atom stereocenters. The van der Waals surface area contributed by atoms with Crippen molar-refractivity contribution in [1.82, 2.24) is 15.4 Å². The molecular weight excluding hydrogens is 358 g/mol. The van der Waals surface area contributed by atoms with Gasteiger partial charge in [-0.1, -0.05) is 5.16 Å². The minimum Gasteiger partial charge on any atom is -0.497 e. The number of ether oxygens (including phenoxy) is 2. The molecule has 0 unspecified atom stereocenters. The number of carbonyl (C=O) groups is 1. The van der Waals surface area contributed by atoms with Crippen molar-refractivity contribution in [3.8, 4) is 17.1 Å². The Morgan fingerprint density at radius 2 is 2.00 bits per heavy atom. The van der Waals surface area contributed by atoms with Crippen LogP contribution in [-0.2, 0) is 16.0 Å². The summed E-state index contributed by atoms with van der Waals surface area (Å²) in [6.45, 7) is 4.61. The van der Waals surface area contributed by atoms with Gasteiger partial charge in [-0.25, -0.2) is 0 Å². The molecule has 1 N–H and O–H groups in total. The Morgan fingerprint density at radius 3 is 2.57 bits per heavy atom. The number of hydrogen-bond donors (Lipinski definition) is 1. The third-order valence-electron chi connectivity index (χ3n) is 5.66. The monoisotopic (exact) mass is 385 g/mol. The molecule has 7 heteroatoms. The second kappa shape index (κ2) is 7.93. The smallest absolute Gasteiger partial charge is 0.219 e. The van der Waals surface area contributed by atoms with Crippen molar-refractivity contribution in [2.24, 2.45) is 0 Å². The van der Waals surface area contributed by atoms with E-state index < -0.39 is 0 Å². The summed E-state index contributed by atoms with van der Waals surface area (Å²) in [6, 6.07) is 10.1. The third kappa shape index (κ3) is 4.05. The van der Waals surface area contributed by atoms with Crippen LogP contribution in [-0.4, -0.2) is 61.0 Å². The lowest BCUT2D eigenvalue weighted by molar-refractivity contribution is -0.130. The molecule has 0 aliphatic carbocycles. The van der Waals surface area contributed by atoms with Gasteiger partial charge >= 0.3 is 0 Å². The van der Waals surface area contributed by atoms with E-state index >= 15 is 0 Å². The summed E-state index contributed by atoms with van der Waals surface area (Å²) in [5.74, 6) is 1.73. The summed E-state index contributed by atoms with van der Waals surface area (Å²) in [5, 5.41) is 8.06. The zero-order valence-electron chi connectivity index (χ0n) is 16.4. The predicted octanol–water partition coefficient (Wildman–Crippen LogP) is 2.26. The standard InChI is InChI=1S/C21H27N3O4/c1-15(25)24-9-7-17(8-10-24)22-21(13-27-14-21)12-18-11-20(28-23-18)16-3-5-19(26-2)6-4-16/h3-6,11,17,22H,7-10,12-14H2,1-2H3. The molecule has 4 rings (SSSR count). The summed E-state index contributed by atoms with van der Waals surface area (Å²) in [5.41, 5.74) is 1.79. The second-order valence-corrected chi connectivity index (χ2v) is 7.79. The van der Waals surface area contributed by atoms with Crippen LogP contribution in [0.5, 0.6) is 5.75 Å². The zero-order valence-corrected chi connectivity index (χ0v) is 16.4. The molecule has 0 bridgehead atoms. The average molecular weight is 385 g/mol. The Balaban J connectivity index is 1.38. The topological polar surface area (TPSA) is 76.8 Å². The van der Waals surface area contributed by atoms with Crippen LogP contribution in [0.15, 0.2) is 34.9 Å². The molecular formula is C21H27N3O4. The highest BCUT2D eigenvalue weighted by atomic mass is 16.5. The van der Waals surface area contributed by atoms with Gasteiger partial charge in [0.05, 0.1) is 31.6 Å². The molecule has 3 heterocycles. The predicted molar refractivity (Wildman–Crippen MR) is 104 cm³/mol. The Bertz CT molecular complexity index is 805. The highest BCUT2D eigenvalue weighted by molar-refractivity contribution is 5.73. The molecule has 0 saturated carbocycles. The van der Waals surface area contributed by atoms with Crippen molar-refractivity contribution in [3.05, 3.63) is 36.0 Å². The van der Waals surface area contributed by atoms with Gasteiger partial charge < -0.3 is 24.2 Å². The maximum Gasteiger partial charge on any atom is 0.219 e. The van der Waals surface area contributed by atoms with Crippen molar-refractivity contribution in [3.63, 3.8) is 0 Å². The molecule has 2 aromatic rings. The van der Waals surface area contributed by atoms with E-state index in [0.717, 1.165) is 55.1 Å². The molecule has 2 aliphatic rings. The summed E-state index contributed by atoms with van der Waals surface area (Å²) < 4.78 is 16.3. The van der Waals surface area contributed by atoms with Crippen molar-refractivity contribution >= 4 is 5.91 Å². The van der Waals surface area contributed by atoms with Crippen LogP contribution in [0.1, 0.15) is 25.5 Å². The second-order valence-electron chi connectivity index (χ2n) is 7.79. The van der Waals surface area contributed by atoms with Gasteiger partial charge in [-0.15, -0.1) is 0 Å². The first-order valence-corrected chi connectivity index (χ1v) is 9.78. The number of benzene rings is 1. The summed E-state index contributed by atoms with van der Waals surface area (Å²) >= 11 is 0. The molecule has 2 saturated heterocycles. The van der Waals surface area contributed by atoms with Crippen LogP contribution >= 0.6 is 0 Å². The fraction of sp³-hybridized carbons (Fsp3) is 0.524. The molecule has 0 radical (unpaired) electrons. The molecule has 1 aromatic carbocycles. The van der Waals surface area contributed by atoms with Gasteiger partial charge in [0.2, 0.25) is 5.91 Å². The van der Waals surface area contributed by atoms with Gasteiger partial charge in [0, 0.05) is 44.1 Å². The molecule has 1 amide bonds. The van der Waals surface area contributed by atoms with E-state index in [1.165, 1.54) is 0 Å². The lowest BCUT2D eigenvalue weighted by Gasteiger charge is -2.46. The first-order valence-electron chi connectivity index (χ1n) is 9.78. The van der Waals surface area contributed by atoms with Gasteiger partial charge in [-0.2, -0.15) is 0 Å². The number of carbonyl (C=O) groups excluding carboxylic acids is 1. The van der Waals surface area contributed by atoms with E-state index in [1.807, 2.05) is 35.2 Å². The largest absolute Gasteiger partial charge is 0.497 e. The molecule has 28 heavy (non-hydrogen) atoms. The van der Waals surface area contributed by atoms with Gasteiger partial charge in [0.15, 0.2) is 5.76 Å². The summed E-state index contributed by atoms with van der Waals surface area (Å²) in [6.07, 6.45) is 2.70. The fourth-order valence-corrected chi connectivity index (χ4v) is 3.99. The number of hydrogen-bond acceptors (Lipinski definition) is 6. The van der Waals surface area contributed by atoms with Crippen LogP contribution in [0, 0.1) is 0 Å². The minimum absolute atomic E-state index is 0.100. The first-order chi connectivity index (χ1) is 13.6. The number of likely N-dealkylation sites (tertiary alicyclic amines) is 1. The zero-order chi connectivity index (χ0) is 19.6. The number of nitrogens with zero attached hydrogens (tertiary/aromatic N) is 2. The number of nitrogens with one attached hydrogen (secondary N) is 1. The van der Waals surface area contributed by atoms with Gasteiger partial charge in [-0.3, -0.25) is 4.79 Å².